The molecule has 0 aliphatic carbocycles. The van der Waals surface area contributed by atoms with Crippen molar-refractivity contribution in [3.05, 3.63) is 70.1 Å². The van der Waals surface area contributed by atoms with Gasteiger partial charge in [-0.3, -0.25) is 4.79 Å². The van der Waals surface area contributed by atoms with E-state index >= 15 is 0 Å². The molecule has 3 nitrogen and oxygen atoms in total. The van der Waals surface area contributed by atoms with Crippen LogP contribution in [0.1, 0.15) is 10.6 Å². The highest BCUT2D eigenvalue weighted by atomic mass is 32.1. The summed E-state index contributed by atoms with van der Waals surface area (Å²) in [6.07, 6.45) is 0.104. The second-order valence-corrected chi connectivity index (χ2v) is 6.36. The lowest BCUT2D eigenvalue weighted by molar-refractivity contribution is -0.115. The molecule has 1 aromatic heterocycles. The van der Waals surface area contributed by atoms with Crippen molar-refractivity contribution in [2.45, 2.75) is 13.3 Å². The van der Waals surface area contributed by atoms with Crippen LogP contribution in [0.15, 0.2) is 47.8 Å². The quantitative estimate of drug-likeness (QED) is 0.753. The lowest BCUT2D eigenvalue weighted by Crippen LogP contribution is -2.15. The molecule has 0 unspecified atom stereocenters. The first kappa shape index (κ1) is 16.3. The first-order valence-corrected chi connectivity index (χ1v) is 8.15. The summed E-state index contributed by atoms with van der Waals surface area (Å²) in [6.45, 7) is 1.95. The number of aromatic nitrogens is 1. The van der Waals surface area contributed by atoms with Crippen LogP contribution in [0.5, 0.6) is 0 Å². The van der Waals surface area contributed by atoms with E-state index in [0.717, 1.165) is 34.0 Å². The van der Waals surface area contributed by atoms with E-state index in [1.54, 1.807) is 11.3 Å². The molecule has 0 atom stereocenters. The number of aryl methyl sites for hydroxylation is 1. The Morgan fingerprint density at radius 2 is 1.92 bits per heavy atom. The first-order valence-electron chi connectivity index (χ1n) is 7.27. The van der Waals surface area contributed by atoms with Gasteiger partial charge in [0.2, 0.25) is 5.91 Å². The van der Waals surface area contributed by atoms with Crippen LogP contribution >= 0.6 is 11.3 Å². The number of carbonyl (C=O) groups is 1. The zero-order valence-corrected chi connectivity index (χ0v) is 13.7. The highest BCUT2D eigenvalue weighted by Gasteiger charge is 2.09. The van der Waals surface area contributed by atoms with Crippen LogP contribution in [0.25, 0.3) is 11.3 Å². The largest absolute Gasteiger partial charge is 0.323 e. The Balaban J connectivity index is 1.66. The number of rotatable bonds is 4. The molecule has 0 fully saturated rings. The van der Waals surface area contributed by atoms with Crippen LogP contribution in [0, 0.1) is 18.6 Å². The molecule has 0 aliphatic rings. The summed E-state index contributed by atoms with van der Waals surface area (Å²) in [5.41, 5.74) is 2.65. The van der Waals surface area contributed by atoms with Gasteiger partial charge in [-0.15, -0.1) is 11.3 Å². The molecule has 0 spiro atoms. The second-order valence-electron chi connectivity index (χ2n) is 5.30. The van der Waals surface area contributed by atoms with E-state index < -0.39 is 11.6 Å². The number of hydrogen-bond donors (Lipinski definition) is 1. The topological polar surface area (TPSA) is 42.0 Å². The summed E-state index contributed by atoms with van der Waals surface area (Å²) in [5, 5.41) is 5.42. The number of amides is 1. The lowest BCUT2D eigenvalue weighted by atomic mass is 10.1. The van der Waals surface area contributed by atoms with E-state index in [-0.39, 0.29) is 18.0 Å². The Kier molecular flexibility index (Phi) is 4.66. The van der Waals surface area contributed by atoms with Crippen molar-refractivity contribution in [1.29, 1.82) is 0 Å². The number of carbonyl (C=O) groups excluding carboxylic acids is 1. The number of nitrogens with zero attached hydrogens (tertiary/aromatic N) is 1. The number of anilines is 1. The normalized spacial score (nSPS) is 10.6. The summed E-state index contributed by atoms with van der Waals surface area (Å²) in [6, 6.07) is 10.5. The van der Waals surface area contributed by atoms with Crippen LogP contribution in [-0.4, -0.2) is 10.9 Å². The monoisotopic (exact) mass is 344 g/mol. The van der Waals surface area contributed by atoms with Crippen LogP contribution in [0.3, 0.4) is 0 Å². The predicted octanol–water partition coefficient (Wildman–Crippen LogP) is 4.58. The van der Waals surface area contributed by atoms with E-state index in [0.29, 0.717) is 0 Å². The Labute approximate surface area is 142 Å². The van der Waals surface area contributed by atoms with E-state index in [2.05, 4.69) is 10.3 Å². The average Bonchev–Trinajstić information content (AvgIpc) is 2.97. The summed E-state index contributed by atoms with van der Waals surface area (Å²) in [4.78, 5) is 16.4. The van der Waals surface area contributed by atoms with Gasteiger partial charge in [-0.05, 0) is 24.6 Å². The zero-order chi connectivity index (χ0) is 17.1. The molecule has 0 saturated carbocycles. The molecule has 2 aromatic carbocycles. The maximum absolute atomic E-state index is 13.5. The number of hydrogen-bond acceptors (Lipinski definition) is 3. The van der Waals surface area contributed by atoms with Crippen LogP contribution in [0.2, 0.25) is 0 Å². The molecule has 1 N–H and O–H groups in total. The molecule has 0 aliphatic heterocycles. The SMILES string of the molecule is Cc1nc(-c2ccc(CC(=O)Nc3ccc(F)cc3F)cc2)cs1. The Morgan fingerprint density at radius 1 is 1.17 bits per heavy atom. The van der Waals surface area contributed by atoms with E-state index in [1.165, 1.54) is 6.07 Å². The molecule has 1 amide bonds. The van der Waals surface area contributed by atoms with Gasteiger partial charge in [0.05, 0.1) is 22.8 Å². The maximum atomic E-state index is 13.5. The van der Waals surface area contributed by atoms with Crippen molar-refractivity contribution in [3.63, 3.8) is 0 Å². The Hall–Kier alpha value is -2.60. The van der Waals surface area contributed by atoms with Crippen molar-refractivity contribution < 1.29 is 13.6 Å². The molecule has 0 saturated heterocycles. The average molecular weight is 344 g/mol. The van der Waals surface area contributed by atoms with Gasteiger partial charge < -0.3 is 5.32 Å². The molecule has 3 aromatic rings. The summed E-state index contributed by atoms with van der Waals surface area (Å²) < 4.78 is 26.4. The van der Waals surface area contributed by atoms with E-state index in [9.17, 15) is 13.6 Å². The number of benzene rings is 2. The Morgan fingerprint density at radius 3 is 2.54 bits per heavy atom. The fourth-order valence-corrected chi connectivity index (χ4v) is 2.88. The highest BCUT2D eigenvalue weighted by molar-refractivity contribution is 7.09. The minimum atomic E-state index is -0.794. The zero-order valence-electron chi connectivity index (χ0n) is 12.8. The van der Waals surface area contributed by atoms with Crippen molar-refractivity contribution in [3.8, 4) is 11.3 Å². The van der Waals surface area contributed by atoms with Crippen molar-refractivity contribution in [2.75, 3.05) is 5.32 Å². The van der Waals surface area contributed by atoms with E-state index in [4.69, 9.17) is 0 Å². The molecule has 0 bridgehead atoms. The minimum Gasteiger partial charge on any atom is -0.323 e. The van der Waals surface area contributed by atoms with Gasteiger partial charge in [0.1, 0.15) is 11.6 Å². The Bertz CT molecular complexity index is 875. The summed E-state index contributed by atoms with van der Waals surface area (Å²) in [7, 11) is 0. The second kappa shape index (κ2) is 6.88. The number of halogens is 2. The van der Waals surface area contributed by atoms with Gasteiger partial charge in [-0.2, -0.15) is 0 Å². The van der Waals surface area contributed by atoms with Crippen LogP contribution in [0.4, 0.5) is 14.5 Å². The smallest absolute Gasteiger partial charge is 0.228 e. The standard InChI is InChI=1S/C18H14F2N2OS/c1-11-21-17(10-24-11)13-4-2-12(3-5-13)8-18(23)22-16-7-6-14(19)9-15(16)20/h2-7,9-10H,8H2,1H3,(H,22,23). The molecule has 1 heterocycles. The van der Waals surface area contributed by atoms with Crippen molar-refractivity contribution in [1.82, 2.24) is 4.98 Å². The van der Waals surface area contributed by atoms with Gasteiger partial charge in [0.15, 0.2) is 0 Å². The van der Waals surface area contributed by atoms with Crippen LogP contribution < -0.4 is 5.32 Å². The maximum Gasteiger partial charge on any atom is 0.228 e. The van der Waals surface area contributed by atoms with Gasteiger partial charge in [-0.25, -0.2) is 13.8 Å². The molecule has 6 heteroatoms. The van der Waals surface area contributed by atoms with E-state index in [1.807, 2.05) is 36.6 Å². The highest BCUT2D eigenvalue weighted by Crippen LogP contribution is 2.22. The summed E-state index contributed by atoms with van der Waals surface area (Å²) >= 11 is 1.58. The fraction of sp³-hybridized carbons (Fsp3) is 0.111. The van der Waals surface area contributed by atoms with Gasteiger partial charge >= 0.3 is 0 Å². The van der Waals surface area contributed by atoms with Crippen molar-refractivity contribution in [2.24, 2.45) is 0 Å². The first-order chi connectivity index (χ1) is 11.5. The fourth-order valence-electron chi connectivity index (χ4n) is 2.26. The minimum absolute atomic E-state index is 0.0315. The molecular formula is C18H14F2N2OS. The molecule has 122 valence electrons. The van der Waals surface area contributed by atoms with Crippen molar-refractivity contribution >= 4 is 22.9 Å². The molecule has 0 radical (unpaired) electrons. The lowest BCUT2D eigenvalue weighted by Gasteiger charge is -2.07. The third-order valence-corrected chi connectivity index (χ3v) is 4.21. The summed E-state index contributed by atoms with van der Waals surface area (Å²) in [5.74, 6) is -1.84. The molecule has 3 rings (SSSR count). The van der Waals surface area contributed by atoms with Gasteiger partial charge in [0.25, 0.3) is 0 Å². The third-order valence-electron chi connectivity index (χ3n) is 3.44. The molecular weight excluding hydrogens is 330 g/mol. The van der Waals surface area contributed by atoms with Gasteiger partial charge in [0, 0.05) is 17.0 Å². The number of nitrogens with one attached hydrogen (secondary N) is 1. The third kappa shape index (κ3) is 3.83. The molecule has 24 heavy (non-hydrogen) atoms. The van der Waals surface area contributed by atoms with Crippen LogP contribution in [-0.2, 0) is 11.2 Å². The van der Waals surface area contributed by atoms with Gasteiger partial charge in [-0.1, -0.05) is 24.3 Å². The number of thiazole rings is 1. The predicted molar refractivity (Wildman–Crippen MR) is 91.0 cm³/mol.